The second kappa shape index (κ2) is 7.31. The lowest BCUT2D eigenvalue weighted by atomic mass is 9.31. The maximum Gasteiger partial charge on any atom is 0.178 e. The summed E-state index contributed by atoms with van der Waals surface area (Å²) in [4.78, 5) is 27.5. The maximum atomic E-state index is 14.3. The number of rotatable bonds is 1. The fourth-order valence-electron chi connectivity index (χ4n) is 10.7. The Morgan fingerprint density at radius 3 is 2.23 bits per heavy atom. The van der Waals surface area contributed by atoms with Crippen LogP contribution in [0, 0.1) is 67.5 Å². The number of aliphatic hydroxyl groups is 1. The van der Waals surface area contributed by atoms with Crippen molar-refractivity contribution in [2.45, 2.75) is 99.8 Å². The molecule has 0 aliphatic heterocycles. The number of ketones is 2. The van der Waals surface area contributed by atoms with Gasteiger partial charge in [0, 0.05) is 24.4 Å². The lowest BCUT2D eigenvalue weighted by Crippen LogP contribution is -2.68. The van der Waals surface area contributed by atoms with Crippen molar-refractivity contribution in [3.05, 3.63) is 11.6 Å². The Morgan fingerprint density at radius 1 is 0.943 bits per heavy atom. The molecule has 0 spiro atoms. The molecular weight excluding hydrogens is 434 g/mol. The van der Waals surface area contributed by atoms with E-state index in [-0.39, 0.29) is 68.7 Å². The minimum absolute atomic E-state index is 0.0120. The lowest BCUT2D eigenvalue weighted by Gasteiger charge is -2.72. The average molecular weight is 480 g/mol. The molecule has 2 unspecified atom stereocenters. The molecule has 1 N–H and O–H groups in total. The largest absolute Gasteiger partial charge is 0.396 e. The first-order chi connectivity index (χ1) is 16.1. The molecule has 5 aliphatic rings. The summed E-state index contributed by atoms with van der Waals surface area (Å²) >= 11 is 0. The second-order valence-electron chi connectivity index (χ2n) is 15.2. The molecule has 0 radical (unpaired) electrons. The van der Waals surface area contributed by atoms with Crippen LogP contribution in [0.3, 0.4) is 0 Å². The molecule has 0 heterocycles. The summed E-state index contributed by atoms with van der Waals surface area (Å²) in [6, 6.07) is 2.21. The van der Waals surface area contributed by atoms with Crippen LogP contribution in [0.2, 0.25) is 0 Å². The van der Waals surface area contributed by atoms with Gasteiger partial charge in [-0.15, -0.1) is 0 Å². The third-order valence-electron chi connectivity index (χ3n) is 13.0. The Morgan fingerprint density at radius 2 is 1.60 bits per heavy atom. The fourth-order valence-corrected chi connectivity index (χ4v) is 10.7. The summed E-state index contributed by atoms with van der Waals surface area (Å²) in [5.74, 6) is 0.823. The summed E-state index contributed by atoms with van der Waals surface area (Å²) in [6.07, 6.45) is 9.61. The zero-order chi connectivity index (χ0) is 25.8. The van der Waals surface area contributed by atoms with Gasteiger partial charge >= 0.3 is 0 Å². The van der Waals surface area contributed by atoms with Gasteiger partial charge in [-0.1, -0.05) is 54.5 Å². The molecule has 192 valence electrons. The fraction of sp³-hybridized carbons (Fsp3) is 0.839. The average Bonchev–Trinajstić information content (AvgIpc) is 2.77. The summed E-state index contributed by atoms with van der Waals surface area (Å²) in [7, 11) is 0. The molecule has 8 atom stereocenters. The highest BCUT2D eigenvalue weighted by atomic mass is 16.3. The smallest absolute Gasteiger partial charge is 0.178 e. The Balaban J connectivity index is 1.63. The summed E-state index contributed by atoms with van der Waals surface area (Å²) in [6.45, 7) is 16.0. The maximum absolute atomic E-state index is 14.3. The van der Waals surface area contributed by atoms with Gasteiger partial charge in [-0.25, -0.2) is 0 Å². The second-order valence-corrected chi connectivity index (χ2v) is 15.2. The quantitative estimate of drug-likeness (QED) is 0.480. The Bertz CT molecular complexity index is 1050. The molecule has 5 rings (SSSR count). The van der Waals surface area contributed by atoms with Crippen molar-refractivity contribution >= 4 is 11.6 Å². The molecule has 4 heteroatoms. The number of hydrogen-bond donors (Lipinski definition) is 1. The number of hydrogen-bond acceptors (Lipinski definition) is 4. The zero-order valence-corrected chi connectivity index (χ0v) is 23.0. The van der Waals surface area contributed by atoms with E-state index in [2.05, 4.69) is 40.7 Å². The Kier molecular flexibility index (Phi) is 5.26. The van der Waals surface area contributed by atoms with Gasteiger partial charge in [0.1, 0.15) is 11.9 Å². The molecule has 0 amide bonds. The van der Waals surface area contributed by atoms with Crippen molar-refractivity contribution in [2.75, 3.05) is 6.61 Å². The van der Waals surface area contributed by atoms with Gasteiger partial charge in [0.25, 0.3) is 0 Å². The van der Waals surface area contributed by atoms with Crippen LogP contribution >= 0.6 is 0 Å². The van der Waals surface area contributed by atoms with Gasteiger partial charge in [0.15, 0.2) is 5.78 Å². The van der Waals surface area contributed by atoms with Crippen molar-refractivity contribution in [3.63, 3.8) is 0 Å². The molecular formula is C31H45NO3. The normalized spacial score (nSPS) is 50.1. The van der Waals surface area contributed by atoms with Gasteiger partial charge in [0.2, 0.25) is 0 Å². The van der Waals surface area contributed by atoms with Crippen LogP contribution in [0.15, 0.2) is 11.6 Å². The molecule has 4 saturated carbocycles. The summed E-state index contributed by atoms with van der Waals surface area (Å²) < 4.78 is 0. The first kappa shape index (κ1) is 25.2. The first-order valence-electron chi connectivity index (χ1n) is 13.9. The first-order valence-corrected chi connectivity index (χ1v) is 13.9. The van der Waals surface area contributed by atoms with Crippen LogP contribution in [0.4, 0.5) is 0 Å². The van der Waals surface area contributed by atoms with E-state index in [4.69, 9.17) is 0 Å². The predicted molar refractivity (Wildman–Crippen MR) is 136 cm³/mol. The van der Waals surface area contributed by atoms with Gasteiger partial charge in [0.05, 0.1) is 5.57 Å². The van der Waals surface area contributed by atoms with E-state index >= 15 is 0 Å². The predicted octanol–water partition coefficient (Wildman–Crippen LogP) is 6.28. The van der Waals surface area contributed by atoms with E-state index in [1.165, 1.54) is 0 Å². The molecule has 0 saturated heterocycles. The lowest BCUT2D eigenvalue weighted by molar-refractivity contribution is -0.226. The van der Waals surface area contributed by atoms with Crippen LogP contribution in [0.5, 0.6) is 0 Å². The third kappa shape index (κ3) is 3.00. The number of nitriles is 1. The summed E-state index contributed by atoms with van der Waals surface area (Å²) in [5, 5.41) is 20.5. The molecule has 35 heavy (non-hydrogen) atoms. The number of fused-ring (bicyclic) bond motifs is 7. The summed E-state index contributed by atoms with van der Waals surface area (Å²) in [5.41, 5.74) is -0.764. The van der Waals surface area contributed by atoms with Crippen molar-refractivity contribution in [3.8, 4) is 6.07 Å². The highest BCUT2D eigenvalue weighted by Crippen LogP contribution is 2.75. The molecule has 4 fully saturated rings. The Labute approximate surface area is 211 Å². The third-order valence-corrected chi connectivity index (χ3v) is 13.0. The SMILES string of the molecule is CC1(C)CC[C@]2(CO)CC[C@]3(C)C(C(=O)C[C@@H]4[C@@]5(C)C=C(C#N)C(=O)C(C)(C)[C@@H]5CC[C@]43C)C2C1. The van der Waals surface area contributed by atoms with Gasteiger partial charge in [-0.3, -0.25) is 9.59 Å². The van der Waals surface area contributed by atoms with Crippen LogP contribution in [0.1, 0.15) is 99.8 Å². The van der Waals surface area contributed by atoms with Crippen molar-refractivity contribution < 1.29 is 14.7 Å². The Hall–Kier alpha value is -1.47. The van der Waals surface area contributed by atoms with Gasteiger partial charge < -0.3 is 5.11 Å². The molecule has 4 nitrogen and oxygen atoms in total. The topological polar surface area (TPSA) is 78.2 Å². The highest BCUT2D eigenvalue weighted by Gasteiger charge is 2.72. The van der Waals surface area contributed by atoms with Gasteiger partial charge in [-0.2, -0.15) is 5.26 Å². The molecule has 0 aromatic carbocycles. The number of Topliss-reactive ketones (excluding diaryl/α,β-unsaturated/α-hetero) is 2. The number of aliphatic hydroxyl groups excluding tert-OH is 1. The number of nitrogens with zero attached hydrogens (tertiary/aromatic N) is 1. The van der Waals surface area contributed by atoms with E-state index in [1.807, 2.05) is 19.9 Å². The molecule has 5 aliphatic carbocycles. The minimum atomic E-state index is -0.595. The number of carbonyl (C=O) groups excluding carboxylic acids is 2. The zero-order valence-electron chi connectivity index (χ0n) is 23.0. The van der Waals surface area contributed by atoms with Crippen molar-refractivity contribution in [2.24, 2.45) is 56.2 Å². The van der Waals surface area contributed by atoms with Crippen LogP contribution < -0.4 is 0 Å². The van der Waals surface area contributed by atoms with E-state index in [1.54, 1.807) is 0 Å². The molecule has 0 aromatic heterocycles. The van der Waals surface area contributed by atoms with Crippen LogP contribution in [0.25, 0.3) is 0 Å². The monoisotopic (exact) mass is 479 g/mol. The van der Waals surface area contributed by atoms with E-state index in [0.717, 1.165) is 44.9 Å². The van der Waals surface area contributed by atoms with Crippen molar-refractivity contribution in [1.29, 1.82) is 5.26 Å². The standard InChI is InChI=1S/C31H45NO3/c1-26(2)10-12-31(18-33)13-11-30(7)24(20(31)16-26)21(34)14-23-28(5)15-19(17-32)25(35)27(3,4)22(28)8-9-29(23,30)6/h15,20,22-24,33H,8-14,16,18H2,1-7H3/t20?,22-,23+,24?,28-,29+,30+,31+/m0/s1. The van der Waals surface area contributed by atoms with E-state index in [9.17, 15) is 20.0 Å². The van der Waals surface area contributed by atoms with Gasteiger partial charge in [-0.05, 0) is 89.8 Å². The van der Waals surface area contributed by atoms with Crippen molar-refractivity contribution in [1.82, 2.24) is 0 Å². The van der Waals surface area contributed by atoms with Crippen LogP contribution in [-0.4, -0.2) is 23.3 Å². The van der Waals surface area contributed by atoms with Crippen LogP contribution in [-0.2, 0) is 9.59 Å². The number of carbonyl (C=O) groups is 2. The minimum Gasteiger partial charge on any atom is -0.396 e. The number of allylic oxidation sites excluding steroid dienone is 2. The van der Waals surface area contributed by atoms with E-state index < -0.39 is 5.41 Å². The molecule has 0 aromatic rings. The highest BCUT2D eigenvalue weighted by molar-refractivity contribution is 6.04. The van der Waals surface area contributed by atoms with E-state index in [0.29, 0.717) is 12.2 Å². The molecule has 0 bridgehead atoms.